The molecule has 2 heteroatoms. The number of fused-ring (bicyclic) bond motifs is 1. The summed E-state index contributed by atoms with van der Waals surface area (Å²) in [6, 6.07) is 19.6. The largest absolute Gasteiger partial charge is 0.303 e. The molecule has 1 fully saturated rings. The zero-order valence-electron chi connectivity index (χ0n) is 12.0. The lowest BCUT2D eigenvalue weighted by Crippen LogP contribution is -2.47. The second kappa shape index (κ2) is 5.28. The highest BCUT2D eigenvalue weighted by Gasteiger charge is 2.37. The summed E-state index contributed by atoms with van der Waals surface area (Å²) >= 11 is 1.85. The lowest BCUT2D eigenvalue weighted by atomic mass is 9.71. The fourth-order valence-electron chi connectivity index (χ4n) is 3.29. The molecule has 2 aromatic carbocycles. The van der Waals surface area contributed by atoms with Crippen LogP contribution in [-0.4, -0.2) is 0 Å². The average Bonchev–Trinajstić information content (AvgIpc) is 2.91. The minimum Gasteiger partial charge on any atom is -0.303 e. The summed E-state index contributed by atoms with van der Waals surface area (Å²) in [5.41, 5.74) is 3.07. The summed E-state index contributed by atoms with van der Waals surface area (Å²) in [7, 11) is 0. The van der Waals surface area contributed by atoms with Gasteiger partial charge in [0.1, 0.15) is 0 Å². The first kappa shape index (κ1) is 13.1. The molecule has 0 spiro atoms. The third-order valence-corrected chi connectivity index (χ3v) is 5.72. The molecule has 1 aliphatic carbocycles. The molecule has 0 unspecified atom stereocenters. The lowest BCUT2D eigenvalue weighted by Gasteiger charge is -2.43. The van der Waals surface area contributed by atoms with Gasteiger partial charge in [-0.05, 0) is 47.2 Å². The van der Waals surface area contributed by atoms with Crippen LogP contribution in [0.3, 0.4) is 0 Å². The molecular weight excluding hydrogens is 274 g/mol. The Morgan fingerprint density at radius 1 is 0.952 bits per heavy atom. The van der Waals surface area contributed by atoms with Gasteiger partial charge in [0.15, 0.2) is 0 Å². The van der Waals surface area contributed by atoms with E-state index >= 15 is 0 Å². The van der Waals surface area contributed by atoms with Crippen LogP contribution in [-0.2, 0) is 12.1 Å². The molecule has 1 N–H and O–H groups in total. The highest BCUT2D eigenvalue weighted by molar-refractivity contribution is 7.17. The Kier molecular flexibility index (Phi) is 3.28. The van der Waals surface area contributed by atoms with Crippen molar-refractivity contribution in [3.05, 3.63) is 71.1 Å². The van der Waals surface area contributed by atoms with E-state index in [0.29, 0.717) is 0 Å². The van der Waals surface area contributed by atoms with Crippen LogP contribution in [0.5, 0.6) is 0 Å². The Morgan fingerprint density at radius 2 is 1.71 bits per heavy atom. The maximum Gasteiger partial charge on any atom is 0.0437 e. The number of hydrogen-bond acceptors (Lipinski definition) is 2. The van der Waals surface area contributed by atoms with E-state index in [4.69, 9.17) is 0 Å². The standard InChI is InChI=1S/C19H19NS/c1-2-7-16(8-3-1)19(11-6-12-19)20-13-15-14-21-18-10-5-4-9-17(15)18/h1-5,7-10,14,20H,6,11-13H2. The molecule has 1 aromatic heterocycles. The number of nitrogens with one attached hydrogen (secondary N) is 1. The minimum absolute atomic E-state index is 0.199. The maximum atomic E-state index is 3.85. The van der Waals surface area contributed by atoms with E-state index in [-0.39, 0.29) is 5.54 Å². The molecule has 1 heterocycles. The first-order valence-electron chi connectivity index (χ1n) is 7.63. The van der Waals surface area contributed by atoms with Gasteiger partial charge in [0.2, 0.25) is 0 Å². The Balaban J connectivity index is 1.58. The Labute approximate surface area is 129 Å². The Hall–Kier alpha value is -1.64. The van der Waals surface area contributed by atoms with Gasteiger partial charge in [0, 0.05) is 16.8 Å². The second-order valence-electron chi connectivity index (χ2n) is 5.91. The number of rotatable bonds is 4. The van der Waals surface area contributed by atoms with E-state index in [9.17, 15) is 0 Å². The quantitative estimate of drug-likeness (QED) is 0.708. The fraction of sp³-hybridized carbons (Fsp3) is 0.263. The molecule has 1 nitrogen and oxygen atoms in total. The van der Waals surface area contributed by atoms with Gasteiger partial charge in [-0.25, -0.2) is 0 Å². The van der Waals surface area contributed by atoms with Crippen molar-refractivity contribution in [3.8, 4) is 0 Å². The first-order valence-corrected chi connectivity index (χ1v) is 8.51. The fourth-order valence-corrected chi connectivity index (χ4v) is 4.25. The monoisotopic (exact) mass is 293 g/mol. The molecule has 3 aromatic rings. The van der Waals surface area contributed by atoms with E-state index in [0.717, 1.165) is 6.54 Å². The van der Waals surface area contributed by atoms with Crippen molar-refractivity contribution in [1.82, 2.24) is 5.32 Å². The number of thiophene rings is 1. The van der Waals surface area contributed by atoms with E-state index in [1.165, 1.54) is 40.5 Å². The molecule has 1 aliphatic rings. The van der Waals surface area contributed by atoms with Crippen molar-refractivity contribution in [2.45, 2.75) is 31.3 Å². The molecule has 0 radical (unpaired) electrons. The molecule has 4 rings (SSSR count). The van der Waals surface area contributed by atoms with Crippen LogP contribution >= 0.6 is 11.3 Å². The van der Waals surface area contributed by atoms with E-state index in [2.05, 4.69) is 65.3 Å². The predicted octanol–water partition coefficient (Wildman–Crippen LogP) is 5.07. The van der Waals surface area contributed by atoms with Crippen molar-refractivity contribution in [3.63, 3.8) is 0 Å². The summed E-state index contributed by atoms with van der Waals surface area (Å²) < 4.78 is 1.39. The summed E-state index contributed by atoms with van der Waals surface area (Å²) in [5, 5.41) is 7.55. The number of benzene rings is 2. The van der Waals surface area contributed by atoms with Crippen LogP contribution < -0.4 is 5.32 Å². The normalized spacial score (nSPS) is 16.8. The van der Waals surface area contributed by atoms with Crippen LogP contribution in [0.1, 0.15) is 30.4 Å². The van der Waals surface area contributed by atoms with Gasteiger partial charge in [-0.3, -0.25) is 0 Å². The molecule has 1 saturated carbocycles. The topological polar surface area (TPSA) is 12.0 Å². The summed E-state index contributed by atoms with van der Waals surface area (Å²) in [4.78, 5) is 0. The van der Waals surface area contributed by atoms with Crippen molar-refractivity contribution in [2.24, 2.45) is 0 Å². The van der Waals surface area contributed by atoms with Gasteiger partial charge in [-0.15, -0.1) is 11.3 Å². The molecular formula is C19H19NS. The van der Waals surface area contributed by atoms with Crippen LogP contribution in [0.15, 0.2) is 60.0 Å². The lowest BCUT2D eigenvalue weighted by molar-refractivity contribution is 0.184. The van der Waals surface area contributed by atoms with E-state index in [1.807, 2.05) is 11.3 Å². The Morgan fingerprint density at radius 3 is 2.48 bits per heavy atom. The van der Waals surface area contributed by atoms with Crippen LogP contribution in [0.2, 0.25) is 0 Å². The molecule has 0 bridgehead atoms. The zero-order chi connectivity index (χ0) is 14.1. The summed E-state index contributed by atoms with van der Waals surface area (Å²) in [6.07, 6.45) is 3.82. The second-order valence-corrected chi connectivity index (χ2v) is 6.82. The van der Waals surface area contributed by atoms with E-state index < -0.39 is 0 Å². The van der Waals surface area contributed by atoms with Gasteiger partial charge >= 0.3 is 0 Å². The van der Waals surface area contributed by atoms with Crippen molar-refractivity contribution < 1.29 is 0 Å². The third kappa shape index (κ3) is 2.29. The highest BCUT2D eigenvalue weighted by atomic mass is 32.1. The molecule has 0 atom stereocenters. The molecule has 0 saturated heterocycles. The smallest absolute Gasteiger partial charge is 0.0437 e. The van der Waals surface area contributed by atoms with E-state index in [1.54, 1.807) is 0 Å². The predicted molar refractivity (Wildman–Crippen MR) is 90.6 cm³/mol. The van der Waals surface area contributed by atoms with Gasteiger partial charge in [0.05, 0.1) is 0 Å². The van der Waals surface area contributed by atoms with Crippen molar-refractivity contribution in [1.29, 1.82) is 0 Å². The van der Waals surface area contributed by atoms with Gasteiger partial charge < -0.3 is 5.32 Å². The molecule has 106 valence electrons. The van der Waals surface area contributed by atoms with Crippen LogP contribution in [0, 0.1) is 0 Å². The molecule has 21 heavy (non-hydrogen) atoms. The SMILES string of the molecule is c1ccc(C2(NCc3csc4ccccc34)CCC2)cc1. The van der Waals surface area contributed by atoms with Crippen molar-refractivity contribution >= 4 is 21.4 Å². The van der Waals surface area contributed by atoms with Gasteiger partial charge in [0.25, 0.3) is 0 Å². The number of hydrogen-bond donors (Lipinski definition) is 1. The minimum atomic E-state index is 0.199. The first-order chi connectivity index (χ1) is 10.4. The zero-order valence-corrected chi connectivity index (χ0v) is 12.8. The average molecular weight is 293 g/mol. The Bertz CT molecular complexity index is 740. The van der Waals surface area contributed by atoms with Crippen LogP contribution in [0.25, 0.3) is 10.1 Å². The maximum absolute atomic E-state index is 3.85. The van der Waals surface area contributed by atoms with Crippen molar-refractivity contribution in [2.75, 3.05) is 0 Å². The van der Waals surface area contributed by atoms with Gasteiger partial charge in [-0.1, -0.05) is 48.5 Å². The molecule has 0 amide bonds. The molecule has 0 aliphatic heterocycles. The summed E-state index contributed by atoms with van der Waals surface area (Å²) in [5.74, 6) is 0. The summed E-state index contributed by atoms with van der Waals surface area (Å²) in [6.45, 7) is 0.957. The van der Waals surface area contributed by atoms with Gasteiger partial charge in [-0.2, -0.15) is 0 Å². The third-order valence-electron chi connectivity index (χ3n) is 4.71. The van der Waals surface area contributed by atoms with Crippen LogP contribution in [0.4, 0.5) is 0 Å². The highest BCUT2D eigenvalue weighted by Crippen LogP contribution is 2.41.